The van der Waals surface area contributed by atoms with Crippen LogP contribution >= 0.6 is 0 Å². The summed E-state index contributed by atoms with van der Waals surface area (Å²) < 4.78 is 4.83. The molecule has 0 saturated carbocycles. The summed E-state index contributed by atoms with van der Waals surface area (Å²) in [6.45, 7) is 7.66. The molecule has 1 rings (SSSR count). The first kappa shape index (κ1) is 6.59. The molecule has 0 aliphatic carbocycles. The summed E-state index contributed by atoms with van der Waals surface area (Å²) >= 11 is 0. The lowest BCUT2D eigenvalue weighted by Crippen LogP contribution is -2.20. The summed E-state index contributed by atoms with van der Waals surface area (Å²) in [5, 5.41) is 0. The van der Waals surface area contributed by atoms with E-state index in [1.807, 2.05) is 13.8 Å². The van der Waals surface area contributed by atoms with Gasteiger partial charge in [0.2, 0.25) is 0 Å². The van der Waals surface area contributed by atoms with Crippen molar-refractivity contribution in [1.29, 1.82) is 0 Å². The summed E-state index contributed by atoms with van der Waals surface area (Å²) in [6.07, 6.45) is 0.339. The zero-order valence-electron chi connectivity index (χ0n) is 5.81. The predicted octanol–water partition coefficient (Wildman–Crippen LogP) is 1.16. The van der Waals surface area contributed by atoms with E-state index in [9.17, 15) is 4.79 Å². The summed E-state index contributed by atoms with van der Waals surface area (Å²) in [7, 11) is 0. The van der Waals surface area contributed by atoms with Crippen molar-refractivity contribution in [1.82, 2.24) is 0 Å². The van der Waals surface area contributed by atoms with Crippen molar-refractivity contribution in [3.63, 3.8) is 0 Å². The number of carbonyl (C=O) groups is 1. The zero-order chi connectivity index (χ0) is 7.07. The van der Waals surface area contributed by atoms with Crippen molar-refractivity contribution in [2.75, 3.05) is 0 Å². The molecule has 0 spiro atoms. The number of esters is 1. The quantitative estimate of drug-likeness (QED) is 0.456. The Labute approximate surface area is 55.2 Å². The molecule has 0 aromatic heterocycles. The molecule has 1 saturated heterocycles. The van der Waals surface area contributed by atoms with Crippen molar-refractivity contribution in [3.8, 4) is 0 Å². The van der Waals surface area contributed by atoms with Crippen LogP contribution in [0.5, 0.6) is 0 Å². The molecular weight excluding hydrogens is 116 g/mol. The Hall–Kier alpha value is -0.530. The molecule has 0 amide bonds. The average molecular weight is 127 g/mol. The van der Waals surface area contributed by atoms with Crippen LogP contribution in [0.2, 0.25) is 0 Å². The van der Waals surface area contributed by atoms with Crippen LogP contribution in [0, 0.1) is 12.3 Å². The van der Waals surface area contributed by atoms with Crippen molar-refractivity contribution in [3.05, 3.63) is 6.92 Å². The second-order valence-electron chi connectivity index (χ2n) is 3.14. The molecule has 2 nitrogen and oxygen atoms in total. The minimum Gasteiger partial charge on any atom is -0.462 e. The molecule has 0 N–H and O–H groups in total. The van der Waals surface area contributed by atoms with E-state index in [-0.39, 0.29) is 17.5 Å². The Balaban J connectivity index is 2.69. The van der Waals surface area contributed by atoms with Crippen LogP contribution in [-0.4, -0.2) is 12.1 Å². The highest BCUT2D eigenvalue weighted by atomic mass is 16.5. The number of carbonyl (C=O) groups excluding carboxylic acids is 1. The van der Waals surface area contributed by atoms with E-state index in [0.29, 0.717) is 6.42 Å². The first-order chi connectivity index (χ1) is 4.02. The third-order valence-corrected chi connectivity index (χ3v) is 1.75. The Kier molecular flexibility index (Phi) is 1.26. The molecule has 1 fully saturated rings. The topological polar surface area (TPSA) is 26.3 Å². The molecule has 1 radical (unpaired) electrons. The van der Waals surface area contributed by atoms with Gasteiger partial charge in [0.25, 0.3) is 0 Å². The molecule has 9 heavy (non-hydrogen) atoms. The first-order valence-corrected chi connectivity index (χ1v) is 3.05. The van der Waals surface area contributed by atoms with Crippen LogP contribution in [-0.2, 0) is 9.53 Å². The van der Waals surface area contributed by atoms with Gasteiger partial charge in [0, 0.05) is 5.41 Å². The average Bonchev–Trinajstić information content (AvgIpc) is 1.79. The van der Waals surface area contributed by atoms with Crippen LogP contribution in [0.1, 0.15) is 20.3 Å². The minimum atomic E-state index is -0.162. The largest absolute Gasteiger partial charge is 0.462 e. The Morgan fingerprint density at radius 1 is 1.78 bits per heavy atom. The number of hydrogen-bond donors (Lipinski definition) is 0. The summed E-state index contributed by atoms with van der Waals surface area (Å²) in [5.41, 5.74) is -0.0584. The van der Waals surface area contributed by atoms with Gasteiger partial charge in [-0.3, -0.25) is 4.79 Å². The van der Waals surface area contributed by atoms with E-state index in [1.54, 1.807) is 0 Å². The Morgan fingerprint density at radius 2 is 2.33 bits per heavy atom. The lowest BCUT2D eigenvalue weighted by molar-refractivity contribution is -0.140. The SMILES string of the molecule is [CH2]C1OC(=O)CC1(C)C. The normalized spacial score (nSPS) is 32.3. The van der Waals surface area contributed by atoms with E-state index in [1.165, 1.54) is 0 Å². The number of ether oxygens (including phenoxy) is 1. The molecule has 51 valence electrons. The summed E-state index contributed by atoms with van der Waals surface area (Å²) in [5.74, 6) is -0.125. The van der Waals surface area contributed by atoms with Crippen LogP contribution in [0.15, 0.2) is 0 Å². The summed E-state index contributed by atoms with van der Waals surface area (Å²) in [4.78, 5) is 10.6. The molecule has 1 heterocycles. The molecule has 0 aromatic rings. The van der Waals surface area contributed by atoms with Crippen LogP contribution in [0.4, 0.5) is 0 Å². The smallest absolute Gasteiger partial charge is 0.306 e. The predicted molar refractivity (Wildman–Crippen MR) is 33.6 cm³/mol. The third-order valence-electron chi connectivity index (χ3n) is 1.75. The molecular formula is C7H11O2. The fraction of sp³-hybridized carbons (Fsp3) is 0.714. The number of hydrogen-bond acceptors (Lipinski definition) is 2. The van der Waals surface area contributed by atoms with E-state index in [0.717, 1.165) is 0 Å². The van der Waals surface area contributed by atoms with Crippen molar-refractivity contribution in [2.24, 2.45) is 5.41 Å². The maximum atomic E-state index is 10.6. The second-order valence-corrected chi connectivity index (χ2v) is 3.14. The maximum absolute atomic E-state index is 10.6. The minimum absolute atomic E-state index is 0.0584. The highest BCUT2D eigenvalue weighted by Gasteiger charge is 2.38. The van der Waals surface area contributed by atoms with Gasteiger partial charge in [-0.25, -0.2) is 0 Å². The molecule has 0 aromatic carbocycles. The van der Waals surface area contributed by atoms with E-state index in [2.05, 4.69) is 6.92 Å². The monoisotopic (exact) mass is 127 g/mol. The molecule has 1 atom stereocenters. The van der Waals surface area contributed by atoms with Crippen molar-refractivity contribution in [2.45, 2.75) is 26.4 Å². The highest BCUT2D eigenvalue weighted by Crippen LogP contribution is 2.33. The fourth-order valence-corrected chi connectivity index (χ4v) is 0.846. The first-order valence-electron chi connectivity index (χ1n) is 3.05. The lowest BCUT2D eigenvalue weighted by atomic mass is 9.87. The van der Waals surface area contributed by atoms with Gasteiger partial charge < -0.3 is 4.74 Å². The Bertz CT molecular complexity index is 138. The molecule has 1 aliphatic heterocycles. The van der Waals surface area contributed by atoms with E-state index < -0.39 is 0 Å². The van der Waals surface area contributed by atoms with Crippen molar-refractivity contribution < 1.29 is 9.53 Å². The highest BCUT2D eigenvalue weighted by molar-refractivity contribution is 5.72. The van der Waals surface area contributed by atoms with Gasteiger partial charge in [-0.1, -0.05) is 13.8 Å². The van der Waals surface area contributed by atoms with Gasteiger partial charge in [0.15, 0.2) is 0 Å². The van der Waals surface area contributed by atoms with Gasteiger partial charge in [-0.15, -0.1) is 0 Å². The number of cyclic esters (lactones) is 1. The van der Waals surface area contributed by atoms with Gasteiger partial charge in [-0.2, -0.15) is 0 Å². The van der Waals surface area contributed by atoms with Gasteiger partial charge >= 0.3 is 5.97 Å². The molecule has 1 aliphatic rings. The van der Waals surface area contributed by atoms with Gasteiger partial charge in [-0.05, 0) is 6.92 Å². The van der Waals surface area contributed by atoms with Crippen LogP contribution in [0.25, 0.3) is 0 Å². The van der Waals surface area contributed by atoms with Crippen LogP contribution in [0.3, 0.4) is 0 Å². The van der Waals surface area contributed by atoms with E-state index in [4.69, 9.17) is 4.74 Å². The maximum Gasteiger partial charge on any atom is 0.306 e. The molecule has 2 heteroatoms. The summed E-state index contributed by atoms with van der Waals surface area (Å²) in [6, 6.07) is 0. The molecule has 1 unspecified atom stereocenters. The third kappa shape index (κ3) is 1.07. The van der Waals surface area contributed by atoms with Crippen LogP contribution < -0.4 is 0 Å². The van der Waals surface area contributed by atoms with E-state index >= 15 is 0 Å². The standard InChI is InChI=1S/C7H11O2/c1-5-7(2,3)4-6(8)9-5/h5H,1,4H2,2-3H3. The molecule has 0 bridgehead atoms. The zero-order valence-corrected chi connectivity index (χ0v) is 5.81. The lowest BCUT2D eigenvalue weighted by Gasteiger charge is -2.18. The Morgan fingerprint density at radius 3 is 2.44 bits per heavy atom. The fourth-order valence-electron chi connectivity index (χ4n) is 0.846. The second kappa shape index (κ2) is 1.72. The number of rotatable bonds is 0. The van der Waals surface area contributed by atoms with Gasteiger partial charge in [0.1, 0.15) is 6.10 Å². The van der Waals surface area contributed by atoms with Crippen molar-refractivity contribution >= 4 is 5.97 Å². The van der Waals surface area contributed by atoms with Gasteiger partial charge in [0.05, 0.1) is 6.42 Å².